The standard InChI is InChI=1S/C24H30N6O3S/c1-4-26-24(33)23-28-27-22(19-13-18(15(2)3)20(31)14-21(19)32)30(23)16-5-7-17(8-6-16)34-29-11-9-25-10-12-29/h5-8,13-15,25,31-32H,4,9-12H2,1-3H3,(H,26,33). The summed E-state index contributed by atoms with van der Waals surface area (Å²) < 4.78 is 3.96. The van der Waals surface area contributed by atoms with Crippen LogP contribution in [0.2, 0.25) is 0 Å². The van der Waals surface area contributed by atoms with Crippen LogP contribution >= 0.6 is 11.9 Å². The zero-order valence-corrected chi connectivity index (χ0v) is 20.4. The lowest BCUT2D eigenvalue weighted by atomic mass is 9.98. The van der Waals surface area contributed by atoms with Crippen LogP contribution < -0.4 is 10.6 Å². The number of amides is 1. The van der Waals surface area contributed by atoms with Crippen molar-refractivity contribution >= 4 is 17.9 Å². The zero-order valence-electron chi connectivity index (χ0n) is 19.6. The highest BCUT2D eigenvalue weighted by Crippen LogP contribution is 2.38. The maximum atomic E-state index is 12.8. The third-order valence-electron chi connectivity index (χ3n) is 5.62. The molecule has 0 aliphatic carbocycles. The Labute approximate surface area is 203 Å². The number of hydrogen-bond acceptors (Lipinski definition) is 8. The quantitative estimate of drug-likeness (QED) is 0.380. The lowest BCUT2D eigenvalue weighted by molar-refractivity contribution is 0.0943. The fourth-order valence-corrected chi connectivity index (χ4v) is 4.79. The average molecular weight is 483 g/mol. The molecule has 2 heterocycles. The lowest BCUT2D eigenvalue weighted by Crippen LogP contribution is -2.39. The van der Waals surface area contributed by atoms with Crippen molar-refractivity contribution < 1.29 is 15.0 Å². The molecule has 3 aromatic rings. The summed E-state index contributed by atoms with van der Waals surface area (Å²) in [5.41, 5.74) is 1.76. The molecule has 34 heavy (non-hydrogen) atoms. The zero-order chi connectivity index (χ0) is 24.2. The molecule has 1 saturated heterocycles. The molecule has 4 rings (SSSR count). The molecular weight excluding hydrogens is 452 g/mol. The lowest BCUT2D eigenvalue weighted by Gasteiger charge is -2.25. The fourth-order valence-electron chi connectivity index (χ4n) is 3.87. The van der Waals surface area contributed by atoms with Crippen molar-refractivity contribution in [2.75, 3.05) is 32.7 Å². The van der Waals surface area contributed by atoms with Crippen LogP contribution in [0.5, 0.6) is 11.5 Å². The van der Waals surface area contributed by atoms with Gasteiger partial charge in [0.15, 0.2) is 5.82 Å². The molecular formula is C24H30N6O3S. The van der Waals surface area contributed by atoms with Crippen LogP contribution in [0, 0.1) is 0 Å². The van der Waals surface area contributed by atoms with E-state index in [1.54, 1.807) is 22.6 Å². The number of aromatic nitrogens is 3. The fraction of sp³-hybridized carbons (Fsp3) is 0.375. The number of carbonyl (C=O) groups is 1. The molecule has 0 saturated carbocycles. The van der Waals surface area contributed by atoms with E-state index in [0.29, 0.717) is 29.2 Å². The number of carbonyl (C=O) groups excluding carboxylic acids is 1. The van der Waals surface area contributed by atoms with Crippen molar-refractivity contribution in [3.8, 4) is 28.6 Å². The van der Waals surface area contributed by atoms with Crippen LogP contribution in [0.3, 0.4) is 0 Å². The molecule has 1 aliphatic rings. The Bertz CT molecular complexity index is 1160. The van der Waals surface area contributed by atoms with Crippen LogP contribution in [0.25, 0.3) is 17.1 Å². The normalized spacial score (nSPS) is 14.5. The molecule has 0 atom stereocenters. The highest BCUT2D eigenvalue weighted by molar-refractivity contribution is 7.97. The van der Waals surface area contributed by atoms with Crippen molar-refractivity contribution in [1.82, 2.24) is 29.7 Å². The van der Waals surface area contributed by atoms with Crippen LogP contribution in [0.15, 0.2) is 41.3 Å². The van der Waals surface area contributed by atoms with Crippen LogP contribution in [-0.4, -0.2) is 67.9 Å². The van der Waals surface area contributed by atoms with E-state index in [2.05, 4.69) is 25.1 Å². The van der Waals surface area contributed by atoms with Crippen molar-refractivity contribution in [2.45, 2.75) is 31.6 Å². The van der Waals surface area contributed by atoms with Gasteiger partial charge in [-0.05, 0) is 60.7 Å². The van der Waals surface area contributed by atoms with E-state index in [1.165, 1.54) is 6.07 Å². The van der Waals surface area contributed by atoms with Gasteiger partial charge < -0.3 is 20.8 Å². The molecule has 10 heteroatoms. The van der Waals surface area contributed by atoms with Gasteiger partial charge in [-0.25, -0.2) is 4.31 Å². The smallest absolute Gasteiger partial charge is 0.289 e. The summed E-state index contributed by atoms with van der Waals surface area (Å²) in [4.78, 5) is 13.9. The first-order valence-electron chi connectivity index (χ1n) is 11.4. The summed E-state index contributed by atoms with van der Waals surface area (Å²) in [6.07, 6.45) is 0. The Kier molecular flexibility index (Phi) is 7.40. The highest BCUT2D eigenvalue weighted by Gasteiger charge is 2.24. The Morgan fingerprint density at radius 3 is 2.47 bits per heavy atom. The van der Waals surface area contributed by atoms with Gasteiger partial charge in [-0.15, -0.1) is 10.2 Å². The topological polar surface area (TPSA) is 116 Å². The molecule has 4 N–H and O–H groups in total. The largest absolute Gasteiger partial charge is 0.508 e. The van der Waals surface area contributed by atoms with Crippen LogP contribution in [0.1, 0.15) is 42.9 Å². The number of rotatable bonds is 7. The summed E-state index contributed by atoms with van der Waals surface area (Å²) in [6.45, 7) is 10.1. The van der Waals surface area contributed by atoms with E-state index in [-0.39, 0.29) is 29.1 Å². The van der Waals surface area contributed by atoms with Gasteiger partial charge in [0.1, 0.15) is 11.5 Å². The number of aromatic hydroxyl groups is 2. The number of hydrogen-bond donors (Lipinski definition) is 4. The van der Waals surface area contributed by atoms with E-state index < -0.39 is 0 Å². The molecule has 0 bridgehead atoms. The minimum absolute atomic E-state index is 0.0144. The summed E-state index contributed by atoms with van der Waals surface area (Å²) in [6, 6.07) is 10.9. The van der Waals surface area contributed by atoms with Crippen LogP contribution in [-0.2, 0) is 0 Å². The number of phenolic OH excluding ortho intramolecular Hbond substituents is 2. The van der Waals surface area contributed by atoms with Gasteiger partial charge in [0.05, 0.1) is 5.56 Å². The minimum Gasteiger partial charge on any atom is -0.508 e. The van der Waals surface area contributed by atoms with Crippen molar-refractivity contribution in [2.24, 2.45) is 0 Å². The van der Waals surface area contributed by atoms with Gasteiger partial charge >= 0.3 is 0 Å². The Morgan fingerprint density at radius 2 is 1.82 bits per heavy atom. The maximum Gasteiger partial charge on any atom is 0.289 e. The van der Waals surface area contributed by atoms with Gasteiger partial charge in [0, 0.05) is 49.4 Å². The van der Waals surface area contributed by atoms with Gasteiger partial charge in [0.2, 0.25) is 5.82 Å². The molecule has 2 aromatic carbocycles. The second kappa shape index (κ2) is 10.5. The van der Waals surface area contributed by atoms with Crippen molar-refractivity contribution in [3.05, 3.63) is 47.8 Å². The first kappa shape index (κ1) is 24.1. The Morgan fingerprint density at radius 1 is 1.12 bits per heavy atom. The Balaban J connectivity index is 1.76. The minimum atomic E-state index is -0.358. The summed E-state index contributed by atoms with van der Waals surface area (Å²) in [5.74, 6) is -0.00623. The predicted molar refractivity (Wildman–Crippen MR) is 133 cm³/mol. The number of piperazine rings is 1. The molecule has 180 valence electrons. The number of nitrogens with one attached hydrogen (secondary N) is 2. The van der Waals surface area contributed by atoms with E-state index >= 15 is 0 Å². The summed E-state index contributed by atoms with van der Waals surface area (Å²) in [7, 11) is 0. The summed E-state index contributed by atoms with van der Waals surface area (Å²) in [5, 5.41) is 35.5. The first-order valence-corrected chi connectivity index (χ1v) is 12.2. The van der Waals surface area contributed by atoms with E-state index in [1.807, 2.05) is 45.0 Å². The van der Waals surface area contributed by atoms with E-state index in [4.69, 9.17) is 0 Å². The van der Waals surface area contributed by atoms with Crippen LogP contribution in [0.4, 0.5) is 0 Å². The maximum absolute atomic E-state index is 12.8. The highest BCUT2D eigenvalue weighted by atomic mass is 32.2. The average Bonchev–Trinajstić information content (AvgIpc) is 3.25. The van der Waals surface area contributed by atoms with E-state index in [9.17, 15) is 15.0 Å². The molecule has 0 spiro atoms. The summed E-state index contributed by atoms with van der Waals surface area (Å²) >= 11 is 1.70. The second-order valence-corrected chi connectivity index (χ2v) is 9.56. The Hall–Kier alpha value is -3.08. The third-order valence-corrected chi connectivity index (χ3v) is 6.72. The monoisotopic (exact) mass is 482 g/mol. The second-order valence-electron chi connectivity index (χ2n) is 8.39. The number of nitrogens with zero attached hydrogens (tertiary/aromatic N) is 4. The molecule has 1 amide bonds. The molecule has 1 aromatic heterocycles. The van der Waals surface area contributed by atoms with Crippen molar-refractivity contribution in [3.63, 3.8) is 0 Å². The van der Waals surface area contributed by atoms with Crippen molar-refractivity contribution in [1.29, 1.82) is 0 Å². The number of phenols is 2. The molecule has 1 fully saturated rings. The predicted octanol–water partition coefficient (Wildman–Crippen LogP) is 3.13. The SMILES string of the molecule is CCNC(=O)c1nnc(-c2cc(C(C)C)c(O)cc2O)n1-c1ccc(SN2CCNCC2)cc1. The molecule has 9 nitrogen and oxygen atoms in total. The number of benzene rings is 2. The third kappa shape index (κ3) is 5.03. The molecule has 1 aliphatic heterocycles. The van der Waals surface area contributed by atoms with Gasteiger partial charge in [-0.2, -0.15) is 0 Å². The van der Waals surface area contributed by atoms with Gasteiger partial charge in [-0.3, -0.25) is 9.36 Å². The van der Waals surface area contributed by atoms with E-state index in [0.717, 1.165) is 31.1 Å². The van der Waals surface area contributed by atoms with Gasteiger partial charge in [-0.1, -0.05) is 13.8 Å². The van der Waals surface area contributed by atoms with Gasteiger partial charge in [0.25, 0.3) is 5.91 Å². The molecule has 0 radical (unpaired) electrons. The first-order chi connectivity index (χ1) is 16.4. The molecule has 0 unspecified atom stereocenters.